The number of benzene rings is 3. The first-order chi connectivity index (χ1) is 21.2. The van der Waals surface area contributed by atoms with E-state index in [0.29, 0.717) is 32.7 Å². The van der Waals surface area contributed by atoms with Crippen LogP contribution in [0.1, 0.15) is 21.9 Å². The maximum atomic E-state index is 13.9. The van der Waals surface area contributed by atoms with Crippen molar-refractivity contribution in [3.05, 3.63) is 103 Å². The Labute approximate surface area is 258 Å². The lowest BCUT2D eigenvalue weighted by Crippen LogP contribution is -2.32. The summed E-state index contributed by atoms with van der Waals surface area (Å²) in [6.07, 6.45) is 0. The molecule has 6 rings (SSSR count). The van der Waals surface area contributed by atoms with E-state index < -0.39 is 33.8 Å². The number of carbonyl (C=O) groups is 3. The lowest BCUT2D eigenvalue weighted by molar-refractivity contribution is -0.384. The van der Waals surface area contributed by atoms with E-state index in [-0.39, 0.29) is 28.8 Å². The number of aryl methyl sites for hydroxylation is 1. The van der Waals surface area contributed by atoms with Gasteiger partial charge in [0.05, 0.1) is 28.7 Å². The molecule has 0 spiro atoms. The van der Waals surface area contributed by atoms with Gasteiger partial charge in [-0.15, -0.1) is 0 Å². The number of nitro groups is 1. The number of thioether (sulfide) groups is 1. The predicted octanol–water partition coefficient (Wildman–Crippen LogP) is 4.47. The quantitative estimate of drug-likeness (QED) is 0.162. The first-order valence-corrected chi connectivity index (χ1v) is 15.0. The molecule has 3 heterocycles. The van der Waals surface area contributed by atoms with Crippen LogP contribution in [-0.4, -0.2) is 46.6 Å². The number of nitrogens with zero attached hydrogens (tertiary/aromatic N) is 2. The van der Waals surface area contributed by atoms with Crippen molar-refractivity contribution >= 4 is 57.9 Å². The molecule has 4 aromatic rings. The first-order valence-electron chi connectivity index (χ1n) is 13.3. The zero-order chi connectivity index (χ0) is 31.1. The Morgan fingerprint density at radius 1 is 1.05 bits per heavy atom. The fourth-order valence-electron chi connectivity index (χ4n) is 5.39. The molecule has 0 radical (unpaired) electrons. The SMILES string of the molecule is COc1cc([C@H]2c3sc(=O)[nH]c3SC3C(=O)N(c4ccc([N+](=O)[O-])cc4)C(=O)C32)ccc1OCC(=O)Nc1ccccc1C. The van der Waals surface area contributed by atoms with Gasteiger partial charge < -0.3 is 19.8 Å². The molecular weight excluding hydrogens is 608 g/mol. The molecule has 0 bridgehead atoms. The normalized spacial score (nSPS) is 18.9. The summed E-state index contributed by atoms with van der Waals surface area (Å²) in [7, 11) is 1.44. The Kier molecular flexibility index (Phi) is 7.69. The van der Waals surface area contributed by atoms with E-state index in [1.54, 1.807) is 24.3 Å². The zero-order valence-corrected chi connectivity index (χ0v) is 24.9. The topological polar surface area (TPSA) is 161 Å². The Balaban J connectivity index is 1.30. The van der Waals surface area contributed by atoms with Gasteiger partial charge in [0, 0.05) is 28.6 Å². The molecule has 2 aliphatic heterocycles. The van der Waals surface area contributed by atoms with Crippen molar-refractivity contribution in [3.63, 3.8) is 0 Å². The fourth-order valence-corrected chi connectivity index (χ4v) is 7.91. The monoisotopic (exact) mass is 632 g/mol. The van der Waals surface area contributed by atoms with Crippen molar-refractivity contribution in [1.29, 1.82) is 0 Å². The van der Waals surface area contributed by atoms with Crippen LogP contribution in [0.15, 0.2) is 76.6 Å². The molecule has 3 amide bonds. The van der Waals surface area contributed by atoms with Gasteiger partial charge in [-0.25, -0.2) is 4.90 Å². The summed E-state index contributed by atoms with van der Waals surface area (Å²) in [5.74, 6) is -2.26. The van der Waals surface area contributed by atoms with Crippen molar-refractivity contribution < 1.29 is 28.8 Å². The van der Waals surface area contributed by atoms with Gasteiger partial charge in [-0.1, -0.05) is 47.4 Å². The number of imide groups is 1. The van der Waals surface area contributed by atoms with E-state index in [9.17, 15) is 29.3 Å². The highest BCUT2D eigenvalue weighted by Crippen LogP contribution is 2.53. The largest absolute Gasteiger partial charge is 0.493 e. The van der Waals surface area contributed by atoms with Crippen LogP contribution < -0.4 is 24.6 Å². The number of amides is 3. The van der Waals surface area contributed by atoms with E-state index in [1.165, 1.54) is 31.4 Å². The van der Waals surface area contributed by atoms with Gasteiger partial charge in [-0.05, 0) is 48.4 Å². The third kappa shape index (κ3) is 5.22. The minimum absolute atomic E-state index is 0.167. The summed E-state index contributed by atoms with van der Waals surface area (Å²) in [4.78, 5) is 67.2. The van der Waals surface area contributed by atoms with Crippen molar-refractivity contribution in [2.24, 2.45) is 5.92 Å². The summed E-state index contributed by atoms with van der Waals surface area (Å²) in [5.41, 5.74) is 2.25. The molecule has 44 heavy (non-hydrogen) atoms. The predicted molar refractivity (Wildman–Crippen MR) is 164 cm³/mol. The molecule has 12 nitrogen and oxygen atoms in total. The van der Waals surface area contributed by atoms with Crippen molar-refractivity contribution in [2.45, 2.75) is 23.1 Å². The van der Waals surface area contributed by atoms with E-state index in [4.69, 9.17) is 9.47 Å². The number of hydrogen-bond acceptors (Lipinski definition) is 10. The number of anilines is 2. The van der Waals surface area contributed by atoms with Gasteiger partial charge in [0.25, 0.3) is 11.6 Å². The molecule has 0 aliphatic carbocycles. The number of carbonyl (C=O) groups excluding carboxylic acids is 3. The lowest BCUT2D eigenvalue weighted by atomic mass is 9.83. The Hall–Kier alpha value is -4.95. The number of fused-ring (bicyclic) bond motifs is 2. The molecule has 0 saturated carbocycles. The summed E-state index contributed by atoms with van der Waals surface area (Å²) in [6, 6.07) is 17.6. The smallest absolute Gasteiger partial charge is 0.305 e. The highest BCUT2D eigenvalue weighted by atomic mass is 32.2. The Morgan fingerprint density at radius 2 is 1.80 bits per heavy atom. The number of methoxy groups -OCH3 is 1. The van der Waals surface area contributed by atoms with E-state index in [2.05, 4.69) is 10.3 Å². The Bertz CT molecular complexity index is 1870. The molecular formula is C30H24N4O8S2. The number of ether oxygens (including phenoxy) is 2. The summed E-state index contributed by atoms with van der Waals surface area (Å²) in [6.45, 7) is 1.60. The van der Waals surface area contributed by atoms with Crippen LogP contribution in [0, 0.1) is 23.0 Å². The average molecular weight is 633 g/mol. The first kappa shape index (κ1) is 29.1. The van der Waals surface area contributed by atoms with Crippen LogP contribution in [0.25, 0.3) is 0 Å². The molecule has 3 aromatic carbocycles. The number of nitro benzene ring substituents is 1. The third-order valence-corrected chi connectivity index (χ3v) is 9.87. The molecule has 2 unspecified atom stereocenters. The van der Waals surface area contributed by atoms with Gasteiger partial charge in [0.1, 0.15) is 5.25 Å². The van der Waals surface area contributed by atoms with E-state index in [1.807, 2.05) is 25.1 Å². The Morgan fingerprint density at radius 3 is 2.50 bits per heavy atom. The second-order valence-electron chi connectivity index (χ2n) is 10.1. The second-order valence-corrected chi connectivity index (χ2v) is 12.3. The summed E-state index contributed by atoms with van der Waals surface area (Å²) in [5, 5.41) is 13.6. The van der Waals surface area contributed by atoms with Gasteiger partial charge in [-0.3, -0.25) is 29.3 Å². The minimum atomic E-state index is -0.863. The minimum Gasteiger partial charge on any atom is -0.493 e. The molecule has 1 fully saturated rings. The third-order valence-electron chi connectivity index (χ3n) is 7.47. The zero-order valence-electron chi connectivity index (χ0n) is 23.3. The van der Waals surface area contributed by atoms with Gasteiger partial charge in [0.15, 0.2) is 18.1 Å². The lowest BCUT2D eigenvalue weighted by Gasteiger charge is -2.30. The van der Waals surface area contributed by atoms with E-state index in [0.717, 1.165) is 33.6 Å². The molecule has 3 atom stereocenters. The number of para-hydroxylation sites is 1. The van der Waals surface area contributed by atoms with Crippen LogP contribution in [-0.2, 0) is 14.4 Å². The molecule has 14 heteroatoms. The molecule has 2 N–H and O–H groups in total. The maximum Gasteiger partial charge on any atom is 0.305 e. The van der Waals surface area contributed by atoms with Gasteiger partial charge in [-0.2, -0.15) is 0 Å². The van der Waals surface area contributed by atoms with Crippen LogP contribution in [0.3, 0.4) is 0 Å². The van der Waals surface area contributed by atoms with Crippen LogP contribution in [0.5, 0.6) is 11.5 Å². The molecule has 2 aliphatic rings. The van der Waals surface area contributed by atoms with Gasteiger partial charge >= 0.3 is 4.87 Å². The number of thiazole rings is 1. The fraction of sp³-hybridized carbons (Fsp3) is 0.200. The molecule has 224 valence electrons. The van der Waals surface area contributed by atoms with Crippen molar-refractivity contribution in [3.8, 4) is 11.5 Å². The number of hydrogen-bond donors (Lipinski definition) is 2. The standard InChI is InChI=1S/C30H24N4O8S2/c1-15-5-3-4-6-19(15)31-22(35)14-42-20-12-7-16(13-21(20)41-2)23-24-26(43-27-25(23)44-30(38)32-27)29(37)33(28(24)36)17-8-10-18(11-9-17)34(39)40/h3-13,23-24,26H,14H2,1-2H3,(H,31,35)(H,32,38)/t23-,24?,26?/m1/s1. The van der Waals surface area contributed by atoms with Crippen LogP contribution in [0.4, 0.5) is 17.1 Å². The maximum absolute atomic E-state index is 13.9. The number of aromatic amines is 1. The number of nitrogens with one attached hydrogen (secondary N) is 2. The number of non-ortho nitro benzene ring substituents is 1. The highest BCUT2D eigenvalue weighted by Gasteiger charge is 2.56. The van der Waals surface area contributed by atoms with Crippen molar-refractivity contribution in [1.82, 2.24) is 4.98 Å². The number of aromatic nitrogens is 1. The van der Waals surface area contributed by atoms with Crippen molar-refractivity contribution in [2.75, 3.05) is 23.9 Å². The summed E-state index contributed by atoms with van der Waals surface area (Å²) >= 11 is 2.09. The van der Waals surface area contributed by atoms with Gasteiger partial charge in [0.2, 0.25) is 11.8 Å². The number of rotatable bonds is 8. The van der Waals surface area contributed by atoms with Crippen LogP contribution >= 0.6 is 23.1 Å². The van der Waals surface area contributed by atoms with E-state index >= 15 is 0 Å². The highest BCUT2D eigenvalue weighted by molar-refractivity contribution is 8.00. The molecule has 1 aromatic heterocycles. The number of H-pyrrole nitrogens is 1. The van der Waals surface area contributed by atoms with Crippen LogP contribution in [0.2, 0.25) is 0 Å². The molecule has 1 saturated heterocycles. The summed E-state index contributed by atoms with van der Waals surface area (Å²) < 4.78 is 11.3. The second kappa shape index (κ2) is 11.6. The average Bonchev–Trinajstić information content (AvgIpc) is 3.51.